The molecular weight excluding hydrogens is 340 g/mol. The van der Waals surface area contributed by atoms with Crippen LogP contribution in [-0.4, -0.2) is 53.6 Å². The molecule has 1 saturated heterocycles. The molecule has 0 spiro atoms. The number of carboxylic acids is 1. The molecule has 0 atom stereocenters. The van der Waals surface area contributed by atoms with Crippen LogP contribution in [0, 0.1) is 0 Å². The van der Waals surface area contributed by atoms with Crippen LogP contribution >= 0.6 is 0 Å². The first-order chi connectivity index (χ1) is 13.2. The van der Waals surface area contributed by atoms with Gasteiger partial charge in [0.2, 0.25) is 0 Å². The molecule has 2 aromatic carbocycles. The molecule has 5 heteroatoms. The lowest BCUT2D eigenvalue weighted by Gasteiger charge is -2.21. The van der Waals surface area contributed by atoms with Crippen LogP contribution in [0.15, 0.2) is 54.6 Å². The molecule has 2 aromatic rings. The van der Waals surface area contributed by atoms with Crippen molar-refractivity contribution in [1.29, 1.82) is 0 Å². The normalized spacial score (nSPS) is 16.0. The van der Waals surface area contributed by atoms with Crippen LogP contribution in [0.1, 0.15) is 24.0 Å². The number of nitrogens with zero attached hydrogens (tertiary/aromatic N) is 2. The van der Waals surface area contributed by atoms with Crippen LogP contribution in [0.3, 0.4) is 0 Å². The quantitative estimate of drug-likeness (QED) is 0.775. The number of benzene rings is 2. The van der Waals surface area contributed by atoms with E-state index in [1.807, 2.05) is 30.3 Å². The van der Waals surface area contributed by atoms with E-state index in [-0.39, 0.29) is 6.42 Å². The van der Waals surface area contributed by atoms with Crippen LogP contribution in [0.4, 0.5) is 0 Å². The highest BCUT2D eigenvalue weighted by Crippen LogP contribution is 2.16. The second-order valence-corrected chi connectivity index (χ2v) is 7.03. The van der Waals surface area contributed by atoms with Crippen molar-refractivity contribution >= 4 is 5.97 Å². The topological polar surface area (TPSA) is 53.0 Å². The second-order valence-electron chi connectivity index (χ2n) is 7.03. The van der Waals surface area contributed by atoms with Gasteiger partial charge in [-0.15, -0.1) is 0 Å². The first-order valence-electron chi connectivity index (χ1n) is 9.61. The average Bonchev–Trinajstić information content (AvgIpc) is 2.92. The predicted molar refractivity (Wildman–Crippen MR) is 106 cm³/mol. The first kappa shape index (κ1) is 19.4. The van der Waals surface area contributed by atoms with Crippen LogP contribution in [0.5, 0.6) is 5.75 Å². The van der Waals surface area contributed by atoms with Crippen LogP contribution < -0.4 is 4.74 Å². The summed E-state index contributed by atoms with van der Waals surface area (Å²) in [6, 6.07) is 18.5. The van der Waals surface area contributed by atoms with Crippen LogP contribution in [0.2, 0.25) is 0 Å². The van der Waals surface area contributed by atoms with Gasteiger partial charge in [-0.2, -0.15) is 0 Å². The minimum absolute atomic E-state index is 0.227. The molecule has 1 N–H and O–H groups in total. The zero-order valence-corrected chi connectivity index (χ0v) is 15.7. The molecule has 144 valence electrons. The van der Waals surface area contributed by atoms with Crippen molar-refractivity contribution in [2.24, 2.45) is 0 Å². The van der Waals surface area contributed by atoms with E-state index in [4.69, 9.17) is 9.84 Å². The van der Waals surface area contributed by atoms with Crippen molar-refractivity contribution in [3.63, 3.8) is 0 Å². The Labute approximate surface area is 161 Å². The molecule has 1 heterocycles. The Bertz CT molecular complexity index is 703. The van der Waals surface area contributed by atoms with Gasteiger partial charge in [-0.05, 0) is 42.8 Å². The zero-order chi connectivity index (χ0) is 18.9. The standard InChI is InChI=1S/C22H28N2O3/c25-22(26)11-14-23-12-4-13-24(16-15-23)17-19-7-9-21(10-8-19)27-18-20-5-2-1-3-6-20/h1-3,5-10H,4,11-18H2,(H,25,26). The van der Waals surface area contributed by atoms with Gasteiger partial charge in [0, 0.05) is 26.2 Å². The minimum Gasteiger partial charge on any atom is -0.489 e. The van der Waals surface area contributed by atoms with E-state index in [0.29, 0.717) is 13.2 Å². The molecule has 1 fully saturated rings. The van der Waals surface area contributed by atoms with Crippen molar-refractivity contribution < 1.29 is 14.6 Å². The summed E-state index contributed by atoms with van der Waals surface area (Å²) in [6.45, 7) is 6.10. The van der Waals surface area contributed by atoms with Gasteiger partial charge in [0.25, 0.3) is 0 Å². The number of ether oxygens (including phenoxy) is 1. The summed E-state index contributed by atoms with van der Waals surface area (Å²) in [7, 11) is 0. The third kappa shape index (κ3) is 6.70. The molecule has 0 bridgehead atoms. The minimum atomic E-state index is -0.717. The highest BCUT2D eigenvalue weighted by Gasteiger charge is 2.15. The molecule has 0 unspecified atom stereocenters. The van der Waals surface area contributed by atoms with Crippen molar-refractivity contribution in [3.8, 4) is 5.75 Å². The maximum absolute atomic E-state index is 10.7. The first-order valence-corrected chi connectivity index (χ1v) is 9.61. The van der Waals surface area contributed by atoms with E-state index in [1.165, 1.54) is 11.1 Å². The van der Waals surface area contributed by atoms with Crippen LogP contribution in [0.25, 0.3) is 0 Å². The van der Waals surface area contributed by atoms with Crippen molar-refractivity contribution in [2.45, 2.75) is 26.0 Å². The fourth-order valence-corrected chi connectivity index (χ4v) is 3.35. The number of carboxylic acid groups (broad SMARTS) is 1. The molecule has 1 aliphatic heterocycles. The van der Waals surface area contributed by atoms with Gasteiger partial charge in [0.05, 0.1) is 6.42 Å². The van der Waals surface area contributed by atoms with E-state index in [1.54, 1.807) is 0 Å². The third-order valence-corrected chi connectivity index (χ3v) is 4.90. The Morgan fingerprint density at radius 2 is 1.59 bits per heavy atom. The number of carbonyl (C=O) groups is 1. The SMILES string of the molecule is O=C(O)CCN1CCCN(Cc2ccc(OCc3ccccc3)cc2)CC1. The number of hydrogen-bond donors (Lipinski definition) is 1. The van der Waals surface area contributed by atoms with Gasteiger partial charge in [0.15, 0.2) is 0 Å². The van der Waals surface area contributed by atoms with Crippen LogP contribution in [-0.2, 0) is 17.9 Å². The van der Waals surface area contributed by atoms with E-state index in [2.05, 4.69) is 34.1 Å². The van der Waals surface area contributed by atoms with E-state index in [0.717, 1.165) is 44.9 Å². The third-order valence-electron chi connectivity index (χ3n) is 4.90. The molecule has 0 amide bonds. The van der Waals surface area contributed by atoms with Gasteiger partial charge in [-0.25, -0.2) is 0 Å². The fraction of sp³-hybridized carbons (Fsp3) is 0.409. The summed E-state index contributed by atoms with van der Waals surface area (Å²) < 4.78 is 5.85. The molecule has 5 nitrogen and oxygen atoms in total. The number of hydrogen-bond acceptors (Lipinski definition) is 4. The molecule has 27 heavy (non-hydrogen) atoms. The van der Waals surface area contributed by atoms with Crippen molar-refractivity contribution in [1.82, 2.24) is 9.80 Å². The Morgan fingerprint density at radius 1 is 0.889 bits per heavy atom. The maximum atomic E-state index is 10.7. The summed E-state index contributed by atoms with van der Waals surface area (Å²) in [5.74, 6) is 0.170. The molecule has 0 aliphatic carbocycles. The average molecular weight is 368 g/mol. The molecule has 0 radical (unpaired) electrons. The van der Waals surface area contributed by atoms with Gasteiger partial charge in [0.1, 0.15) is 12.4 Å². The summed E-state index contributed by atoms with van der Waals surface area (Å²) in [4.78, 5) is 15.4. The summed E-state index contributed by atoms with van der Waals surface area (Å²) >= 11 is 0. The molecule has 1 aliphatic rings. The Morgan fingerprint density at radius 3 is 2.33 bits per heavy atom. The fourth-order valence-electron chi connectivity index (χ4n) is 3.35. The Hall–Kier alpha value is -2.37. The Balaban J connectivity index is 1.44. The lowest BCUT2D eigenvalue weighted by molar-refractivity contribution is -0.137. The molecule has 0 aromatic heterocycles. The smallest absolute Gasteiger partial charge is 0.304 e. The summed E-state index contributed by atoms with van der Waals surface area (Å²) in [5.41, 5.74) is 2.44. The number of aliphatic carboxylic acids is 1. The second kappa shape index (κ2) is 10.1. The maximum Gasteiger partial charge on any atom is 0.304 e. The van der Waals surface area contributed by atoms with Crippen molar-refractivity contribution in [3.05, 3.63) is 65.7 Å². The van der Waals surface area contributed by atoms with E-state index < -0.39 is 5.97 Å². The highest BCUT2D eigenvalue weighted by atomic mass is 16.5. The highest BCUT2D eigenvalue weighted by molar-refractivity contribution is 5.66. The summed E-state index contributed by atoms with van der Waals surface area (Å²) in [6.07, 6.45) is 1.31. The molecule has 3 rings (SSSR count). The predicted octanol–water partition coefficient (Wildman–Crippen LogP) is 3.25. The molecular formula is C22H28N2O3. The van der Waals surface area contributed by atoms with Gasteiger partial charge in [-0.3, -0.25) is 9.69 Å². The lowest BCUT2D eigenvalue weighted by atomic mass is 10.2. The molecule has 0 saturated carbocycles. The van der Waals surface area contributed by atoms with E-state index >= 15 is 0 Å². The van der Waals surface area contributed by atoms with Crippen molar-refractivity contribution in [2.75, 3.05) is 32.7 Å². The summed E-state index contributed by atoms with van der Waals surface area (Å²) in [5, 5.41) is 8.84. The number of rotatable bonds is 8. The zero-order valence-electron chi connectivity index (χ0n) is 15.7. The van der Waals surface area contributed by atoms with E-state index in [9.17, 15) is 4.79 Å². The van der Waals surface area contributed by atoms with Gasteiger partial charge in [-0.1, -0.05) is 42.5 Å². The van der Waals surface area contributed by atoms with Gasteiger partial charge >= 0.3 is 5.97 Å². The lowest BCUT2D eigenvalue weighted by Crippen LogP contribution is -2.31. The monoisotopic (exact) mass is 368 g/mol. The largest absolute Gasteiger partial charge is 0.489 e. The Kier molecular flexibility index (Phi) is 7.25. The van der Waals surface area contributed by atoms with Gasteiger partial charge < -0.3 is 14.7 Å².